The van der Waals surface area contributed by atoms with Gasteiger partial charge < -0.3 is 10.1 Å². The van der Waals surface area contributed by atoms with Crippen LogP contribution in [0.3, 0.4) is 0 Å². The van der Waals surface area contributed by atoms with E-state index >= 15 is 0 Å². The zero-order valence-corrected chi connectivity index (χ0v) is 11.4. The van der Waals surface area contributed by atoms with Crippen LogP contribution in [0.2, 0.25) is 0 Å². The van der Waals surface area contributed by atoms with Gasteiger partial charge in [0.25, 0.3) is 0 Å². The molecule has 0 saturated carbocycles. The van der Waals surface area contributed by atoms with Crippen molar-refractivity contribution in [3.63, 3.8) is 0 Å². The molecule has 0 aliphatic heterocycles. The van der Waals surface area contributed by atoms with Crippen LogP contribution in [0, 0.1) is 5.82 Å². The lowest BCUT2D eigenvalue weighted by Crippen LogP contribution is -2.18. The fourth-order valence-corrected chi connectivity index (χ4v) is 1.97. The predicted molar refractivity (Wildman–Crippen MR) is 67.4 cm³/mol. The Morgan fingerprint density at radius 2 is 2.24 bits per heavy atom. The van der Waals surface area contributed by atoms with Gasteiger partial charge in [0.05, 0.1) is 12.7 Å². The Labute approximate surface area is 108 Å². The Bertz CT molecular complexity index is 410. The zero-order chi connectivity index (χ0) is 12.8. The summed E-state index contributed by atoms with van der Waals surface area (Å²) >= 11 is 3.21. The van der Waals surface area contributed by atoms with E-state index in [-0.39, 0.29) is 5.56 Å². The van der Waals surface area contributed by atoms with E-state index in [1.807, 2.05) is 6.92 Å². The fraction of sp³-hybridized carbons (Fsp3) is 0.417. The highest BCUT2D eigenvalue weighted by atomic mass is 79.9. The number of nitrogens with one attached hydrogen (secondary N) is 1. The molecule has 5 heteroatoms. The molecule has 0 heterocycles. The van der Waals surface area contributed by atoms with Gasteiger partial charge in [0.15, 0.2) is 0 Å². The molecule has 94 valence electrons. The molecular weight excluding hydrogens is 289 g/mol. The Hall–Kier alpha value is -0.940. The molecule has 1 aromatic rings. The third kappa shape index (κ3) is 3.78. The van der Waals surface area contributed by atoms with Crippen molar-refractivity contribution >= 4 is 21.9 Å². The normalized spacial score (nSPS) is 10.4. The van der Waals surface area contributed by atoms with E-state index in [2.05, 4.69) is 26.0 Å². The number of benzene rings is 1. The minimum Gasteiger partial charge on any atom is -0.465 e. The summed E-state index contributed by atoms with van der Waals surface area (Å²) in [5, 5.41) is 3.13. The van der Waals surface area contributed by atoms with Crippen molar-refractivity contribution in [2.45, 2.75) is 19.9 Å². The van der Waals surface area contributed by atoms with Crippen LogP contribution >= 0.6 is 15.9 Å². The minimum atomic E-state index is -0.650. The van der Waals surface area contributed by atoms with E-state index < -0.39 is 11.8 Å². The van der Waals surface area contributed by atoms with Crippen LogP contribution in [-0.4, -0.2) is 19.6 Å². The molecule has 0 aromatic heterocycles. The van der Waals surface area contributed by atoms with Gasteiger partial charge in [-0.15, -0.1) is 0 Å². The summed E-state index contributed by atoms with van der Waals surface area (Å²) in [6.45, 7) is 3.29. The number of carbonyl (C=O) groups excluding carboxylic acids is 1. The summed E-state index contributed by atoms with van der Waals surface area (Å²) < 4.78 is 18.9. The largest absolute Gasteiger partial charge is 0.465 e. The molecule has 0 aliphatic rings. The van der Waals surface area contributed by atoms with Gasteiger partial charge in [0.1, 0.15) is 5.82 Å². The number of carbonyl (C=O) groups is 1. The smallest absolute Gasteiger partial charge is 0.341 e. The number of rotatable bonds is 5. The number of halogens is 2. The van der Waals surface area contributed by atoms with Gasteiger partial charge in [-0.2, -0.15) is 0 Å². The molecule has 0 spiro atoms. The van der Waals surface area contributed by atoms with Crippen molar-refractivity contribution in [1.29, 1.82) is 0 Å². The van der Waals surface area contributed by atoms with E-state index in [0.717, 1.165) is 13.0 Å². The molecule has 0 radical (unpaired) electrons. The molecule has 1 rings (SSSR count). The number of hydrogen-bond acceptors (Lipinski definition) is 3. The first-order chi connectivity index (χ1) is 8.10. The van der Waals surface area contributed by atoms with Gasteiger partial charge >= 0.3 is 5.97 Å². The van der Waals surface area contributed by atoms with Gasteiger partial charge in [-0.25, -0.2) is 9.18 Å². The Kier molecular flexibility index (Phi) is 5.58. The molecule has 17 heavy (non-hydrogen) atoms. The minimum absolute atomic E-state index is 0.000645. The first-order valence-corrected chi connectivity index (χ1v) is 6.16. The second kappa shape index (κ2) is 6.71. The molecule has 0 atom stereocenters. The van der Waals surface area contributed by atoms with Crippen molar-refractivity contribution in [2.24, 2.45) is 0 Å². The molecule has 1 aromatic carbocycles. The lowest BCUT2D eigenvalue weighted by molar-refractivity contribution is 0.0594. The molecule has 0 aliphatic carbocycles. The van der Waals surface area contributed by atoms with Crippen LogP contribution in [0.25, 0.3) is 0 Å². The second-order valence-corrected chi connectivity index (χ2v) is 4.51. The van der Waals surface area contributed by atoms with Crippen molar-refractivity contribution in [3.05, 3.63) is 33.5 Å². The average molecular weight is 304 g/mol. The summed E-state index contributed by atoms with van der Waals surface area (Å²) in [6.07, 6.45) is 0.976. The van der Waals surface area contributed by atoms with Crippen LogP contribution in [-0.2, 0) is 11.3 Å². The average Bonchev–Trinajstić information content (AvgIpc) is 2.28. The number of ether oxygens (including phenoxy) is 1. The lowest BCUT2D eigenvalue weighted by Gasteiger charge is -2.10. The van der Waals surface area contributed by atoms with Crippen LogP contribution in [0.1, 0.15) is 29.3 Å². The van der Waals surface area contributed by atoms with Gasteiger partial charge in [-0.1, -0.05) is 22.9 Å². The topological polar surface area (TPSA) is 38.3 Å². The van der Waals surface area contributed by atoms with Crippen LogP contribution in [0.15, 0.2) is 16.6 Å². The molecule has 0 amide bonds. The quantitative estimate of drug-likeness (QED) is 0.671. The molecule has 0 bridgehead atoms. The highest BCUT2D eigenvalue weighted by Crippen LogP contribution is 2.21. The third-order valence-electron chi connectivity index (χ3n) is 2.27. The first-order valence-electron chi connectivity index (χ1n) is 5.37. The Morgan fingerprint density at radius 3 is 2.82 bits per heavy atom. The zero-order valence-electron chi connectivity index (χ0n) is 9.85. The van der Waals surface area contributed by atoms with E-state index in [4.69, 9.17) is 0 Å². The molecule has 3 nitrogen and oxygen atoms in total. The highest BCUT2D eigenvalue weighted by molar-refractivity contribution is 9.10. The molecule has 1 N–H and O–H groups in total. The van der Waals surface area contributed by atoms with Crippen molar-refractivity contribution in [3.8, 4) is 0 Å². The number of hydrogen-bond donors (Lipinski definition) is 1. The van der Waals surface area contributed by atoms with E-state index in [9.17, 15) is 9.18 Å². The standard InChI is InChI=1S/C12H15BrFNO2/c1-3-4-15-7-8-5-9(13)6-10(14)11(8)12(16)17-2/h5-6,15H,3-4,7H2,1-2H3. The van der Waals surface area contributed by atoms with Crippen LogP contribution in [0.5, 0.6) is 0 Å². The maximum Gasteiger partial charge on any atom is 0.341 e. The number of methoxy groups -OCH3 is 1. The lowest BCUT2D eigenvalue weighted by atomic mass is 10.1. The Morgan fingerprint density at radius 1 is 1.53 bits per heavy atom. The first kappa shape index (κ1) is 14.1. The monoisotopic (exact) mass is 303 g/mol. The van der Waals surface area contributed by atoms with Crippen molar-refractivity contribution in [1.82, 2.24) is 5.32 Å². The van der Waals surface area contributed by atoms with Gasteiger partial charge in [0.2, 0.25) is 0 Å². The summed E-state index contributed by atoms with van der Waals surface area (Å²) in [4.78, 5) is 11.5. The van der Waals surface area contributed by atoms with Crippen molar-refractivity contribution in [2.75, 3.05) is 13.7 Å². The van der Waals surface area contributed by atoms with E-state index in [0.29, 0.717) is 16.6 Å². The molecule has 0 fully saturated rings. The Balaban J connectivity index is 3.02. The number of esters is 1. The summed E-state index contributed by atoms with van der Waals surface area (Å²) in [6, 6.07) is 2.98. The summed E-state index contributed by atoms with van der Waals surface area (Å²) in [5.41, 5.74) is 0.594. The van der Waals surface area contributed by atoms with Gasteiger partial charge in [-0.3, -0.25) is 0 Å². The maximum absolute atomic E-state index is 13.7. The highest BCUT2D eigenvalue weighted by Gasteiger charge is 2.18. The fourth-order valence-electron chi connectivity index (χ4n) is 1.50. The van der Waals surface area contributed by atoms with Crippen LogP contribution in [0.4, 0.5) is 4.39 Å². The van der Waals surface area contributed by atoms with Crippen LogP contribution < -0.4 is 5.32 Å². The van der Waals surface area contributed by atoms with Crippen molar-refractivity contribution < 1.29 is 13.9 Å². The van der Waals surface area contributed by atoms with E-state index in [1.165, 1.54) is 13.2 Å². The SMILES string of the molecule is CCCNCc1cc(Br)cc(F)c1C(=O)OC. The maximum atomic E-state index is 13.7. The molecule has 0 saturated heterocycles. The third-order valence-corrected chi connectivity index (χ3v) is 2.73. The van der Waals surface area contributed by atoms with E-state index in [1.54, 1.807) is 6.07 Å². The van der Waals surface area contributed by atoms with Gasteiger partial charge in [-0.05, 0) is 30.7 Å². The second-order valence-electron chi connectivity index (χ2n) is 3.59. The summed E-state index contributed by atoms with van der Waals surface area (Å²) in [5.74, 6) is -1.22. The molecule has 0 unspecified atom stereocenters. The molecular formula is C12H15BrFNO2. The van der Waals surface area contributed by atoms with Gasteiger partial charge in [0, 0.05) is 11.0 Å². The summed E-state index contributed by atoms with van der Waals surface area (Å²) in [7, 11) is 1.24. The predicted octanol–water partition coefficient (Wildman–Crippen LogP) is 2.87.